The summed E-state index contributed by atoms with van der Waals surface area (Å²) in [7, 11) is 0. The van der Waals surface area contributed by atoms with Gasteiger partial charge in [-0.3, -0.25) is 4.79 Å². The molecule has 1 saturated heterocycles. The van der Waals surface area contributed by atoms with Gasteiger partial charge < -0.3 is 20.3 Å². The third kappa shape index (κ3) is 4.25. The number of carbonyl (C=O) groups is 2. The molecule has 1 atom stereocenters. The maximum atomic E-state index is 12.0. The second-order valence-electron chi connectivity index (χ2n) is 5.11. The van der Waals surface area contributed by atoms with Crippen molar-refractivity contribution in [3.8, 4) is 0 Å². The van der Waals surface area contributed by atoms with E-state index >= 15 is 0 Å². The Morgan fingerprint density at radius 1 is 1.55 bits per heavy atom. The van der Waals surface area contributed by atoms with Gasteiger partial charge in [0, 0.05) is 44.4 Å². The summed E-state index contributed by atoms with van der Waals surface area (Å²) in [5.74, 6) is -0.726. The second kappa shape index (κ2) is 6.93. The first-order valence-electron chi connectivity index (χ1n) is 6.87. The minimum absolute atomic E-state index is 0.0691. The third-order valence-electron chi connectivity index (χ3n) is 3.49. The number of carboxylic acids is 1. The lowest BCUT2D eigenvalue weighted by atomic mass is 9.95. The summed E-state index contributed by atoms with van der Waals surface area (Å²) < 4.78 is 0. The second-order valence-corrected chi connectivity index (χ2v) is 5.11. The summed E-state index contributed by atoms with van der Waals surface area (Å²) in [6.45, 7) is 1.77. The van der Waals surface area contributed by atoms with Crippen molar-refractivity contribution in [2.45, 2.75) is 25.7 Å². The number of piperidine rings is 1. The van der Waals surface area contributed by atoms with Crippen LogP contribution in [0.5, 0.6) is 0 Å². The van der Waals surface area contributed by atoms with E-state index in [1.165, 1.54) is 0 Å². The molecular formula is C13H20N4O3. The van der Waals surface area contributed by atoms with Crippen LogP contribution in [0.4, 0.5) is 4.79 Å². The molecule has 20 heavy (non-hydrogen) atoms. The molecule has 7 nitrogen and oxygen atoms in total. The Labute approximate surface area is 117 Å². The number of carboxylic acid groups (broad SMARTS) is 1. The molecule has 1 aliphatic rings. The minimum atomic E-state index is -0.795. The summed E-state index contributed by atoms with van der Waals surface area (Å²) in [5.41, 5.74) is 0.979. The van der Waals surface area contributed by atoms with Gasteiger partial charge in [0.05, 0.1) is 6.33 Å². The van der Waals surface area contributed by atoms with E-state index in [2.05, 4.69) is 15.3 Å². The van der Waals surface area contributed by atoms with Crippen LogP contribution in [-0.4, -0.2) is 51.6 Å². The van der Waals surface area contributed by atoms with Gasteiger partial charge in [-0.25, -0.2) is 9.78 Å². The maximum absolute atomic E-state index is 12.0. The average Bonchev–Trinajstić information content (AvgIpc) is 2.91. The fraction of sp³-hybridized carbons (Fsp3) is 0.615. The average molecular weight is 280 g/mol. The molecule has 0 radical (unpaired) electrons. The number of hydrogen-bond acceptors (Lipinski definition) is 3. The van der Waals surface area contributed by atoms with Crippen molar-refractivity contribution in [1.82, 2.24) is 20.2 Å². The van der Waals surface area contributed by atoms with Crippen molar-refractivity contribution in [2.24, 2.45) is 5.92 Å². The van der Waals surface area contributed by atoms with Crippen LogP contribution in [0.3, 0.4) is 0 Å². The summed E-state index contributed by atoms with van der Waals surface area (Å²) >= 11 is 0. The van der Waals surface area contributed by atoms with Crippen LogP contribution >= 0.6 is 0 Å². The number of carbonyl (C=O) groups excluding carboxylic acids is 1. The molecule has 0 aliphatic carbocycles. The SMILES string of the molecule is O=C(O)CC1CCCN(C(=O)NCCc2cnc[nH]2)C1. The molecule has 0 spiro atoms. The zero-order valence-electron chi connectivity index (χ0n) is 11.3. The number of nitrogens with one attached hydrogen (secondary N) is 2. The predicted molar refractivity (Wildman–Crippen MR) is 72.2 cm³/mol. The highest BCUT2D eigenvalue weighted by molar-refractivity contribution is 5.74. The molecule has 1 aromatic heterocycles. The summed E-state index contributed by atoms with van der Waals surface area (Å²) in [5, 5.41) is 11.7. The maximum Gasteiger partial charge on any atom is 0.317 e. The van der Waals surface area contributed by atoms with Crippen LogP contribution in [0.1, 0.15) is 25.0 Å². The minimum Gasteiger partial charge on any atom is -0.481 e. The largest absolute Gasteiger partial charge is 0.481 e. The van der Waals surface area contributed by atoms with Gasteiger partial charge in [0.25, 0.3) is 0 Å². The number of aliphatic carboxylic acids is 1. The van der Waals surface area contributed by atoms with Crippen LogP contribution < -0.4 is 5.32 Å². The Balaban J connectivity index is 1.72. The van der Waals surface area contributed by atoms with Crippen molar-refractivity contribution in [2.75, 3.05) is 19.6 Å². The number of likely N-dealkylation sites (tertiary alicyclic amines) is 1. The Bertz CT molecular complexity index is 446. The molecule has 1 fully saturated rings. The first-order valence-corrected chi connectivity index (χ1v) is 6.87. The smallest absolute Gasteiger partial charge is 0.317 e. The molecule has 110 valence electrons. The number of imidazole rings is 1. The van der Waals surface area contributed by atoms with Crippen molar-refractivity contribution < 1.29 is 14.7 Å². The van der Waals surface area contributed by atoms with E-state index < -0.39 is 5.97 Å². The number of H-pyrrole nitrogens is 1. The number of nitrogens with zero attached hydrogens (tertiary/aromatic N) is 2. The first-order chi connectivity index (χ1) is 9.65. The van der Waals surface area contributed by atoms with Crippen LogP contribution in [0.25, 0.3) is 0 Å². The number of urea groups is 1. The van der Waals surface area contributed by atoms with Gasteiger partial charge in [-0.2, -0.15) is 0 Å². The zero-order chi connectivity index (χ0) is 14.4. The Hall–Kier alpha value is -2.05. The van der Waals surface area contributed by atoms with E-state index in [4.69, 9.17) is 5.11 Å². The molecule has 2 rings (SSSR count). The highest BCUT2D eigenvalue weighted by Crippen LogP contribution is 2.19. The lowest BCUT2D eigenvalue weighted by molar-refractivity contribution is -0.138. The Morgan fingerprint density at radius 3 is 3.10 bits per heavy atom. The van der Waals surface area contributed by atoms with E-state index in [-0.39, 0.29) is 18.4 Å². The van der Waals surface area contributed by atoms with Crippen LogP contribution in [0.2, 0.25) is 0 Å². The van der Waals surface area contributed by atoms with E-state index in [0.717, 1.165) is 18.5 Å². The van der Waals surface area contributed by atoms with Gasteiger partial charge in [0.1, 0.15) is 0 Å². The fourth-order valence-electron chi connectivity index (χ4n) is 2.50. The molecule has 0 aromatic carbocycles. The lowest BCUT2D eigenvalue weighted by Crippen LogP contribution is -2.46. The molecule has 2 amide bonds. The lowest BCUT2D eigenvalue weighted by Gasteiger charge is -2.32. The highest BCUT2D eigenvalue weighted by Gasteiger charge is 2.24. The van der Waals surface area contributed by atoms with Crippen LogP contribution in [0, 0.1) is 5.92 Å². The van der Waals surface area contributed by atoms with Gasteiger partial charge in [-0.05, 0) is 18.8 Å². The zero-order valence-corrected chi connectivity index (χ0v) is 11.3. The molecule has 0 saturated carbocycles. The molecule has 0 bridgehead atoms. The summed E-state index contributed by atoms with van der Waals surface area (Å²) in [6.07, 6.45) is 5.93. The number of rotatable bonds is 5. The van der Waals surface area contributed by atoms with Gasteiger partial charge in [-0.15, -0.1) is 0 Å². The highest BCUT2D eigenvalue weighted by atomic mass is 16.4. The van der Waals surface area contributed by atoms with Crippen LogP contribution in [0.15, 0.2) is 12.5 Å². The molecule has 1 aromatic rings. The topological polar surface area (TPSA) is 98.3 Å². The quantitative estimate of drug-likeness (QED) is 0.744. The van der Waals surface area contributed by atoms with E-state index in [0.29, 0.717) is 26.1 Å². The molecular weight excluding hydrogens is 260 g/mol. The number of aromatic amines is 1. The van der Waals surface area contributed by atoms with Gasteiger partial charge in [0.15, 0.2) is 0 Å². The normalized spacial score (nSPS) is 18.8. The summed E-state index contributed by atoms with van der Waals surface area (Å²) in [4.78, 5) is 31.3. The van der Waals surface area contributed by atoms with Crippen molar-refractivity contribution in [3.63, 3.8) is 0 Å². The monoisotopic (exact) mass is 280 g/mol. The van der Waals surface area contributed by atoms with Crippen molar-refractivity contribution in [1.29, 1.82) is 0 Å². The van der Waals surface area contributed by atoms with E-state index in [9.17, 15) is 9.59 Å². The first kappa shape index (κ1) is 14.4. The van der Waals surface area contributed by atoms with Crippen LogP contribution in [-0.2, 0) is 11.2 Å². The number of hydrogen-bond donors (Lipinski definition) is 3. The molecule has 1 unspecified atom stereocenters. The number of amides is 2. The predicted octanol–water partition coefficient (Wildman–Crippen LogP) is 0.848. The van der Waals surface area contributed by atoms with Gasteiger partial charge in [0.2, 0.25) is 0 Å². The molecule has 2 heterocycles. The third-order valence-corrected chi connectivity index (χ3v) is 3.49. The van der Waals surface area contributed by atoms with E-state index in [1.54, 1.807) is 17.4 Å². The van der Waals surface area contributed by atoms with E-state index in [1.807, 2.05) is 0 Å². The van der Waals surface area contributed by atoms with Gasteiger partial charge in [-0.1, -0.05) is 0 Å². The fourth-order valence-corrected chi connectivity index (χ4v) is 2.50. The molecule has 7 heteroatoms. The summed E-state index contributed by atoms with van der Waals surface area (Å²) in [6, 6.07) is -0.111. The Morgan fingerprint density at radius 2 is 2.40 bits per heavy atom. The standard InChI is InChI=1S/C13H20N4O3/c18-12(19)6-10-2-1-5-17(8-10)13(20)15-4-3-11-7-14-9-16-11/h7,9-10H,1-6,8H2,(H,14,16)(H,15,20)(H,18,19). The number of aromatic nitrogens is 2. The van der Waals surface area contributed by atoms with Gasteiger partial charge >= 0.3 is 12.0 Å². The molecule has 3 N–H and O–H groups in total. The molecule has 1 aliphatic heterocycles. The Kier molecular flexibility index (Phi) is 4.97. The van der Waals surface area contributed by atoms with Crippen molar-refractivity contribution >= 4 is 12.0 Å². The van der Waals surface area contributed by atoms with Crippen molar-refractivity contribution in [3.05, 3.63) is 18.2 Å².